The van der Waals surface area contributed by atoms with Crippen LogP contribution in [0.2, 0.25) is 5.02 Å². The Morgan fingerprint density at radius 3 is 2.62 bits per heavy atom. The smallest absolute Gasteiger partial charge is 0.253 e. The number of carbonyl (C=O) groups excluding carboxylic acids is 1. The van der Waals surface area contributed by atoms with E-state index in [1.54, 1.807) is 18.3 Å². The van der Waals surface area contributed by atoms with Crippen molar-refractivity contribution in [1.82, 2.24) is 15.3 Å². The maximum absolute atomic E-state index is 12.2. The SMILES string of the molecule is Cc1cc(C)c(Nc2ccc(C(=O)NCc3ccccn3)cn2)c(Cl)c1. The van der Waals surface area contributed by atoms with Crippen LogP contribution in [0.4, 0.5) is 11.5 Å². The van der Waals surface area contributed by atoms with Crippen molar-refractivity contribution in [2.24, 2.45) is 0 Å². The Labute approximate surface area is 157 Å². The molecule has 0 spiro atoms. The Morgan fingerprint density at radius 1 is 1.12 bits per heavy atom. The summed E-state index contributed by atoms with van der Waals surface area (Å²) in [5.74, 6) is 0.430. The number of amides is 1. The van der Waals surface area contributed by atoms with Crippen molar-refractivity contribution >= 4 is 29.0 Å². The molecule has 0 bridgehead atoms. The quantitative estimate of drug-likeness (QED) is 0.701. The Balaban J connectivity index is 1.66. The van der Waals surface area contributed by atoms with E-state index in [2.05, 4.69) is 20.6 Å². The number of hydrogen-bond donors (Lipinski definition) is 2. The van der Waals surface area contributed by atoms with Gasteiger partial charge < -0.3 is 10.6 Å². The van der Waals surface area contributed by atoms with Gasteiger partial charge in [-0.3, -0.25) is 9.78 Å². The van der Waals surface area contributed by atoms with Crippen LogP contribution in [0.3, 0.4) is 0 Å². The Kier molecular flexibility index (Phi) is 5.49. The van der Waals surface area contributed by atoms with Crippen LogP contribution in [0.15, 0.2) is 54.9 Å². The number of carbonyl (C=O) groups is 1. The summed E-state index contributed by atoms with van der Waals surface area (Å²) in [6.07, 6.45) is 3.23. The second-order valence-electron chi connectivity index (χ2n) is 6.00. The van der Waals surface area contributed by atoms with Crippen LogP contribution in [0, 0.1) is 13.8 Å². The van der Waals surface area contributed by atoms with Gasteiger partial charge in [0.15, 0.2) is 0 Å². The Morgan fingerprint density at radius 2 is 1.96 bits per heavy atom. The van der Waals surface area contributed by atoms with Crippen LogP contribution in [0.5, 0.6) is 0 Å². The van der Waals surface area contributed by atoms with Gasteiger partial charge in [0, 0.05) is 12.4 Å². The van der Waals surface area contributed by atoms with Crippen molar-refractivity contribution in [2.45, 2.75) is 20.4 Å². The molecule has 2 N–H and O–H groups in total. The molecule has 3 rings (SSSR count). The van der Waals surface area contributed by atoms with Crippen LogP contribution in [0.1, 0.15) is 27.2 Å². The summed E-state index contributed by atoms with van der Waals surface area (Å²) in [6.45, 7) is 4.36. The summed E-state index contributed by atoms with van der Waals surface area (Å²) >= 11 is 6.31. The first-order chi connectivity index (χ1) is 12.5. The number of rotatable bonds is 5. The van der Waals surface area contributed by atoms with Crippen LogP contribution in [-0.4, -0.2) is 15.9 Å². The molecule has 0 saturated carbocycles. The largest absolute Gasteiger partial charge is 0.346 e. The molecule has 0 aliphatic rings. The normalized spacial score (nSPS) is 10.4. The lowest BCUT2D eigenvalue weighted by atomic mass is 10.1. The highest BCUT2D eigenvalue weighted by molar-refractivity contribution is 6.33. The molecule has 5 nitrogen and oxygen atoms in total. The van der Waals surface area contributed by atoms with E-state index in [1.807, 2.05) is 44.2 Å². The number of nitrogens with one attached hydrogen (secondary N) is 2. The molecule has 2 heterocycles. The number of benzene rings is 1. The van der Waals surface area contributed by atoms with Crippen molar-refractivity contribution in [3.63, 3.8) is 0 Å². The molecule has 0 aliphatic heterocycles. The fourth-order valence-electron chi connectivity index (χ4n) is 2.58. The summed E-state index contributed by atoms with van der Waals surface area (Å²) in [5, 5.41) is 6.67. The monoisotopic (exact) mass is 366 g/mol. The molecule has 1 amide bonds. The number of hydrogen-bond acceptors (Lipinski definition) is 4. The predicted octanol–water partition coefficient (Wildman–Crippen LogP) is 4.42. The van der Waals surface area contributed by atoms with Gasteiger partial charge in [-0.1, -0.05) is 23.7 Å². The van der Waals surface area contributed by atoms with Gasteiger partial charge in [-0.15, -0.1) is 0 Å². The van der Waals surface area contributed by atoms with Crippen molar-refractivity contribution in [2.75, 3.05) is 5.32 Å². The molecule has 6 heteroatoms. The summed E-state index contributed by atoms with van der Waals surface area (Å²) < 4.78 is 0. The Bertz CT molecular complexity index is 888. The predicted molar refractivity (Wildman–Crippen MR) is 104 cm³/mol. The molecular weight excluding hydrogens is 348 g/mol. The van der Waals surface area contributed by atoms with E-state index in [1.165, 1.54) is 6.20 Å². The number of aromatic nitrogens is 2. The fraction of sp³-hybridized carbons (Fsp3) is 0.150. The van der Waals surface area contributed by atoms with Crippen molar-refractivity contribution in [1.29, 1.82) is 0 Å². The van der Waals surface area contributed by atoms with Crippen molar-refractivity contribution < 1.29 is 4.79 Å². The molecule has 1 aromatic carbocycles. The second kappa shape index (κ2) is 7.97. The van der Waals surface area contributed by atoms with Gasteiger partial charge in [0.25, 0.3) is 5.91 Å². The van der Waals surface area contributed by atoms with Crippen LogP contribution in [0.25, 0.3) is 0 Å². The zero-order valence-electron chi connectivity index (χ0n) is 14.6. The highest BCUT2D eigenvalue weighted by Gasteiger charge is 2.09. The van der Waals surface area contributed by atoms with E-state index in [4.69, 9.17) is 11.6 Å². The Hall–Kier alpha value is -2.92. The minimum absolute atomic E-state index is 0.195. The summed E-state index contributed by atoms with van der Waals surface area (Å²) in [7, 11) is 0. The molecule has 0 fully saturated rings. The number of nitrogens with zero attached hydrogens (tertiary/aromatic N) is 2. The lowest BCUT2D eigenvalue weighted by Gasteiger charge is -2.12. The highest BCUT2D eigenvalue weighted by Crippen LogP contribution is 2.29. The van der Waals surface area contributed by atoms with Gasteiger partial charge in [-0.2, -0.15) is 0 Å². The second-order valence-corrected chi connectivity index (χ2v) is 6.41. The van der Waals surface area contributed by atoms with E-state index in [-0.39, 0.29) is 5.91 Å². The third-order valence-corrected chi connectivity index (χ3v) is 4.16. The minimum Gasteiger partial charge on any atom is -0.346 e. The molecular formula is C20H19ClN4O. The average molecular weight is 367 g/mol. The van der Waals surface area contributed by atoms with Gasteiger partial charge in [-0.25, -0.2) is 4.98 Å². The lowest BCUT2D eigenvalue weighted by Crippen LogP contribution is -2.23. The van der Waals surface area contributed by atoms with E-state index >= 15 is 0 Å². The maximum atomic E-state index is 12.2. The van der Waals surface area contributed by atoms with Crippen LogP contribution in [-0.2, 0) is 6.54 Å². The van der Waals surface area contributed by atoms with Gasteiger partial charge in [0.2, 0.25) is 0 Å². The lowest BCUT2D eigenvalue weighted by molar-refractivity contribution is 0.0950. The molecule has 0 saturated heterocycles. The number of halogens is 1. The molecule has 2 aromatic heterocycles. The summed E-state index contributed by atoms with van der Waals surface area (Å²) in [6, 6.07) is 13.0. The third kappa shape index (κ3) is 4.37. The molecule has 0 atom stereocenters. The molecule has 26 heavy (non-hydrogen) atoms. The summed E-state index contributed by atoms with van der Waals surface area (Å²) in [4.78, 5) is 20.7. The maximum Gasteiger partial charge on any atom is 0.253 e. The van der Waals surface area contributed by atoms with Gasteiger partial charge in [-0.05, 0) is 55.3 Å². The molecule has 0 aliphatic carbocycles. The van der Waals surface area contributed by atoms with Crippen LogP contribution < -0.4 is 10.6 Å². The van der Waals surface area contributed by atoms with E-state index in [0.717, 1.165) is 22.5 Å². The van der Waals surface area contributed by atoms with Crippen molar-refractivity contribution in [3.05, 3.63) is 82.3 Å². The van der Waals surface area contributed by atoms with Gasteiger partial charge in [0.05, 0.1) is 28.5 Å². The molecule has 0 radical (unpaired) electrons. The highest BCUT2D eigenvalue weighted by atomic mass is 35.5. The first-order valence-corrected chi connectivity index (χ1v) is 8.58. The molecule has 132 valence electrons. The number of aryl methyl sites for hydroxylation is 2. The fourth-order valence-corrected chi connectivity index (χ4v) is 2.95. The standard InChI is InChI=1S/C20H19ClN4O/c1-13-9-14(2)19(17(21)10-13)25-18-7-6-15(11-23-18)20(26)24-12-16-5-3-4-8-22-16/h3-11H,12H2,1-2H3,(H,23,25)(H,24,26). The first kappa shape index (κ1) is 17.9. The topological polar surface area (TPSA) is 66.9 Å². The zero-order valence-corrected chi connectivity index (χ0v) is 15.3. The zero-order chi connectivity index (χ0) is 18.5. The number of anilines is 2. The molecule has 0 unspecified atom stereocenters. The first-order valence-electron chi connectivity index (χ1n) is 8.21. The van der Waals surface area contributed by atoms with Crippen molar-refractivity contribution in [3.8, 4) is 0 Å². The van der Waals surface area contributed by atoms with E-state index in [0.29, 0.717) is 22.9 Å². The molecule has 3 aromatic rings. The minimum atomic E-state index is -0.195. The van der Waals surface area contributed by atoms with Crippen LogP contribution >= 0.6 is 11.6 Å². The van der Waals surface area contributed by atoms with Gasteiger partial charge in [0.1, 0.15) is 5.82 Å². The summed E-state index contributed by atoms with van der Waals surface area (Å²) in [5.41, 5.74) is 4.24. The van der Waals surface area contributed by atoms with E-state index in [9.17, 15) is 4.79 Å². The van der Waals surface area contributed by atoms with Gasteiger partial charge >= 0.3 is 0 Å². The number of pyridine rings is 2. The van der Waals surface area contributed by atoms with E-state index < -0.39 is 0 Å². The third-order valence-electron chi connectivity index (χ3n) is 3.87. The average Bonchev–Trinajstić information content (AvgIpc) is 2.64.